The summed E-state index contributed by atoms with van der Waals surface area (Å²) in [6, 6.07) is 7.63. The summed E-state index contributed by atoms with van der Waals surface area (Å²) in [5.74, 6) is -4.19. The van der Waals surface area contributed by atoms with E-state index in [1.165, 1.54) is 0 Å². The van der Waals surface area contributed by atoms with Crippen LogP contribution in [0.4, 0.5) is 24.5 Å². The molecule has 0 aromatic heterocycles. The lowest BCUT2D eigenvalue weighted by molar-refractivity contribution is 0.102. The summed E-state index contributed by atoms with van der Waals surface area (Å²) in [5.41, 5.74) is 0.439. The first-order valence-corrected chi connectivity index (χ1v) is 6.31. The first-order valence-electron chi connectivity index (χ1n) is 6.31. The van der Waals surface area contributed by atoms with Crippen LogP contribution in [0.25, 0.3) is 0 Å². The SMILES string of the molecule is CCNc1ccccc1C(=O)Nc1cc(F)c(F)cc1F. The second-order valence-corrected chi connectivity index (χ2v) is 4.28. The minimum atomic E-state index is -1.31. The Morgan fingerprint density at radius 3 is 2.38 bits per heavy atom. The number of amides is 1. The topological polar surface area (TPSA) is 41.1 Å². The number of carbonyl (C=O) groups excluding carboxylic acids is 1. The number of para-hydroxylation sites is 1. The van der Waals surface area contributed by atoms with E-state index in [1.54, 1.807) is 24.3 Å². The molecule has 0 atom stereocenters. The van der Waals surface area contributed by atoms with Gasteiger partial charge in [-0.05, 0) is 19.1 Å². The van der Waals surface area contributed by atoms with Gasteiger partial charge >= 0.3 is 0 Å². The van der Waals surface area contributed by atoms with Crippen LogP contribution in [0.5, 0.6) is 0 Å². The molecule has 6 heteroatoms. The second-order valence-electron chi connectivity index (χ2n) is 4.28. The standard InChI is InChI=1S/C15H13F3N2O/c1-2-19-13-6-4-3-5-9(13)15(21)20-14-8-11(17)10(16)7-12(14)18/h3-8,19H,2H2,1H3,(H,20,21). The third-order valence-electron chi connectivity index (χ3n) is 2.80. The molecule has 0 aliphatic heterocycles. The Bertz CT molecular complexity index is 674. The number of hydrogen-bond acceptors (Lipinski definition) is 2. The molecule has 2 aromatic rings. The van der Waals surface area contributed by atoms with Gasteiger partial charge in [-0.3, -0.25) is 4.79 Å². The molecule has 3 nitrogen and oxygen atoms in total. The van der Waals surface area contributed by atoms with Gasteiger partial charge in [-0.25, -0.2) is 13.2 Å². The minimum Gasteiger partial charge on any atom is -0.385 e. The van der Waals surface area contributed by atoms with E-state index in [0.717, 1.165) is 0 Å². The lowest BCUT2D eigenvalue weighted by atomic mass is 10.1. The summed E-state index contributed by atoms with van der Waals surface area (Å²) in [6.07, 6.45) is 0. The average Bonchev–Trinajstić information content (AvgIpc) is 2.45. The number of nitrogens with one attached hydrogen (secondary N) is 2. The second kappa shape index (κ2) is 6.30. The molecule has 0 saturated carbocycles. The molecule has 110 valence electrons. The monoisotopic (exact) mass is 294 g/mol. The van der Waals surface area contributed by atoms with Crippen LogP contribution in [0.1, 0.15) is 17.3 Å². The van der Waals surface area contributed by atoms with Crippen molar-refractivity contribution in [3.8, 4) is 0 Å². The number of carbonyl (C=O) groups is 1. The summed E-state index contributed by atoms with van der Waals surface area (Å²) in [7, 11) is 0. The van der Waals surface area contributed by atoms with E-state index in [9.17, 15) is 18.0 Å². The van der Waals surface area contributed by atoms with E-state index in [4.69, 9.17) is 0 Å². The number of hydrogen-bond donors (Lipinski definition) is 2. The van der Waals surface area contributed by atoms with Crippen molar-refractivity contribution in [1.82, 2.24) is 0 Å². The van der Waals surface area contributed by atoms with Crippen LogP contribution >= 0.6 is 0 Å². The van der Waals surface area contributed by atoms with Crippen molar-refractivity contribution in [1.29, 1.82) is 0 Å². The molecule has 0 radical (unpaired) electrons. The summed E-state index contributed by atoms with van der Waals surface area (Å²) in [4.78, 5) is 12.1. The Balaban J connectivity index is 2.28. The highest BCUT2D eigenvalue weighted by atomic mass is 19.2. The van der Waals surface area contributed by atoms with Crippen LogP contribution in [-0.4, -0.2) is 12.5 Å². The van der Waals surface area contributed by atoms with Gasteiger partial charge in [0, 0.05) is 24.4 Å². The number of anilines is 2. The van der Waals surface area contributed by atoms with Crippen molar-refractivity contribution in [2.45, 2.75) is 6.92 Å². The molecule has 0 saturated heterocycles. The predicted octanol–water partition coefficient (Wildman–Crippen LogP) is 3.79. The highest BCUT2D eigenvalue weighted by molar-refractivity contribution is 6.08. The van der Waals surface area contributed by atoms with E-state index in [1.807, 2.05) is 6.92 Å². The first kappa shape index (κ1) is 14.9. The summed E-state index contributed by atoms with van der Waals surface area (Å²) in [5, 5.41) is 5.22. The molecule has 21 heavy (non-hydrogen) atoms. The van der Waals surface area contributed by atoms with E-state index in [0.29, 0.717) is 24.4 Å². The average molecular weight is 294 g/mol. The molecular weight excluding hydrogens is 281 g/mol. The van der Waals surface area contributed by atoms with Crippen molar-refractivity contribution in [3.63, 3.8) is 0 Å². The van der Waals surface area contributed by atoms with Crippen LogP contribution in [0, 0.1) is 17.5 Å². The first-order chi connectivity index (χ1) is 10.0. The Hall–Kier alpha value is -2.50. The van der Waals surface area contributed by atoms with Crippen LogP contribution in [0.2, 0.25) is 0 Å². The maximum atomic E-state index is 13.5. The molecule has 0 aliphatic rings. The molecule has 0 fully saturated rings. The van der Waals surface area contributed by atoms with Crippen molar-refractivity contribution in [2.24, 2.45) is 0 Å². The molecular formula is C15H13F3N2O. The Morgan fingerprint density at radius 1 is 1.00 bits per heavy atom. The normalized spacial score (nSPS) is 10.3. The number of halogens is 3. The van der Waals surface area contributed by atoms with Gasteiger partial charge in [0.15, 0.2) is 11.6 Å². The number of benzene rings is 2. The highest BCUT2D eigenvalue weighted by Crippen LogP contribution is 2.21. The molecule has 0 aliphatic carbocycles. The van der Waals surface area contributed by atoms with Crippen LogP contribution in [0.3, 0.4) is 0 Å². The molecule has 0 spiro atoms. The highest BCUT2D eigenvalue weighted by Gasteiger charge is 2.15. The zero-order chi connectivity index (χ0) is 15.4. The zero-order valence-corrected chi connectivity index (χ0v) is 11.2. The van der Waals surface area contributed by atoms with Crippen LogP contribution in [0.15, 0.2) is 36.4 Å². The largest absolute Gasteiger partial charge is 0.385 e. The third kappa shape index (κ3) is 3.34. The van der Waals surface area contributed by atoms with E-state index >= 15 is 0 Å². The molecule has 0 bridgehead atoms. The van der Waals surface area contributed by atoms with Gasteiger partial charge in [0.25, 0.3) is 5.91 Å². The van der Waals surface area contributed by atoms with Crippen LogP contribution in [-0.2, 0) is 0 Å². The Labute approximate surface area is 119 Å². The predicted molar refractivity (Wildman–Crippen MR) is 74.9 cm³/mol. The molecule has 2 aromatic carbocycles. The summed E-state index contributed by atoms with van der Waals surface area (Å²) >= 11 is 0. The van der Waals surface area contributed by atoms with Gasteiger partial charge < -0.3 is 10.6 Å². The van der Waals surface area contributed by atoms with Gasteiger partial charge in [-0.15, -0.1) is 0 Å². The van der Waals surface area contributed by atoms with Gasteiger partial charge in [-0.1, -0.05) is 12.1 Å². The summed E-state index contributed by atoms with van der Waals surface area (Å²) < 4.78 is 39.5. The molecule has 0 heterocycles. The molecule has 2 N–H and O–H groups in total. The fourth-order valence-electron chi connectivity index (χ4n) is 1.83. The fourth-order valence-corrected chi connectivity index (χ4v) is 1.83. The van der Waals surface area contributed by atoms with E-state index < -0.39 is 29.0 Å². The molecule has 1 amide bonds. The Morgan fingerprint density at radius 2 is 1.67 bits per heavy atom. The lowest BCUT2D eigenvalue weighted by Crippen LogP contribution is -2.16. The van der Waals surface area contributed by atoms with Gasteiger partial charge in [0.05, 0.1) is 11.3 Å². The maximum Gasteiger partial charge on any atom is 0.257 e. The maximum absolute atomic E-state index is 13.5. The lowest BCUT2D eigenvalue weighted by Gasteiger charge is -2.11. The minimum absolute atomic E-state index is 0.281. The van der Waals surface area contributed by atoms with Crippen LogP contribution < -0.4 is 10.6 Å². The van der Waals surface area contributed by atoms with E-state index in [2.05, 4.69) is 10.6 Å². The zero-order valence-electron chi connectivity index (χ0n) is 11.2. The molecule has 0 unspecified atom stereocenters. The van der Waals surface area contributed by atoms with Crippen molar-refractivity contribution in [2.75, 3.05) is 17.2 Å². The van der Waals surface area contributed by atoms with Crippen molar-refractivity contribution in [3.05, 3.63) is 59.4 Å². The summed E-state index contributed by atoms with van der Waals surface area (Å²) in [6.45, 7) is 2.47. The van der Waals surface area contributed by atoms with Gasteiger partial charge in [0.2, 0.25) is 0 Å². The fraction of sp³-hybridized carbons (Fsp3) is 0.133. The smallest absolute Gasteiger partial charge is 0.257 e. The van der Waals surface area contributed by atoms with Crippen molar-refractivity contribution >= 4 is 17.3 Å². The van der Waals surface area contributed by atoms with Gasteiger partial charge in [-0.2, -0.15) is 0 Å². The third-order valence-corrected chi connectivity index (χ3v) is 2.80. The van der Waals surface area contributed by atoms with Gasteiger partial charge in [0.1, 0.15) is 5.82 Å². The Kier molecular flexibility index (Phi) is 4.47. The number of rotatable bonds is 4. The quantitative estimate of drug-likeness (QED) is 0.842. The van der Waals surface area contributed by atoms with Crippen molar-refractivity contribution < 1.29 is 18.0 Å². The van der Waals surface area contributed by atoms with E-state index in [-0.39, 0.29) is 5.56 Å². The molecule has 2 rings (SSSR count).